The highest BCUT2D eigenvalue weighted by Gasteiger charge is 2.35. The van der Waals surface area contributed by atoms with Gasteiger partial charge < -0.3 is 29.7 Å². The number of halogens is 3. The summed E-state index contributed by atoms with van der Waals surface area (Å²) in [5, 5.41) is 5.33. The van der Waals surface area contributed by atoms with Gasteiger partial charge in [-0.3, -0.25) is 9.69 Å². The predicted octanol–water partition coefficient (Wildman–Crippen LogP) is 5.83. The minimum Gasteiger partial charge on any atom is -0.495 e. The molecular formula is C31H47F3N6O4. The highest BCUT2D eigenvalue weighted by Crippen LogP contribution is 2.34. The van der Waals surface area contributed by atoms with Crippen LogP contribution in [0.3, 0.4) is 0 Å². The SMILES string of the molecule is CCCOCCOCCCCCCCCN1CCN(C(=O)c2ccc(Nc3ncc(C(F)(F)F)c(NC)n3)c(OC)c2)CC1. The summed E-state index contributed by atoms with van der Waals surface area (Å²) in [6.45, 7) is 9.08. The molecule has 0 spiro atoms. The summed E-state index contributed by atoms with van der Waals surface area (Å²) in [5.74, 6) is -0.116. The lowest BCUT2D eigenvalue weighted by molar-refractivity contribution is -0.137. The van der Waals surface area contributed by atoms with Gasteiger partial charge in [0.2, 0.25) is 5.95 Å². The quantitative estimate of drug-likeness (QED) is 0.187. The fourth-order valence-corrected chi connectivity index (χ4v) is 4.96. The number of benzene rings is 1. The molecule has 246 valence electrons. The van der Waals surface area contributed by atoms with Gasteiger partial charge in [0.05, 0.1) is 26.0 Å². The number of carbonyl (C=O) groups is 1. The molecule has 1 fully saturated rings. The van der Waals surface area contributed by atoms with E-state index >= 15 is 0 Å². The van der Waals surface area contributed by atoms with Crippen LogP contribution in [0.4, 0.5) is 30.6 Å². The molecule has 2 heterocycles. The minimum atomic E-state index is -4.58. The first kappa shape index (κ1) is 35.3. The Hall–Kier alpha value is -3.16. The molecule has 0 aliphatic carbocycles. The monoisotopic (exact) mass is 624 g/mol. The number of methoxy groups -OCH3 is 1. The van der Waals surface area contributed by atoms with E-state index in [1.165, 1.54) is 39.8 Å². The number of carbonyl (C=O) groups excluding carboxylic acids is 1. The number of nitrogens with zero attached hydrogens (tertiary/aromatic N) is 4. The molecule has 1 saturated heterocycles. The van der Waals surface area contributed by atoms with Crippen molar-refractivity contribution in [2.45, 2.75) is 58.0 Å². The Bertz CT molecular complexity index is 1150. The van der Waals surface area contributed by atoms with E-state index < -0.39 is 11.7 Å². The molecule has 1 aliphatic rings. The highest BCUT2D eigenvalue weighted by atomic mass is 19.4. The van der Waals surface area contributed by atoms with Crippen LogP contribution < -0.4 is 15.4 Å². The van der Waals surface area contributed by atoms with E-state index in [2.05, 4.69) is 32.4 Å². The zero-order valence-corrected chi connectivity index (χ0v) is 26.2. The van der Waals surface area contributed by atoms with Gasteiger partial charge in [-0.25, -0.2) is 4.98 Å². The normalized spacial score (nSPS) is 14.1. The van der Waals surface area contributed by atoms with Crippen LogP contribution in [-0.2, 0) is 15.7 Å². The molecule has 0 saturated carbocycles. The van der Waals surface area contributed by atoms with Gasteiger partial charge >= 0.3 is 6.18 Å². The summed E-state index contributed by atoms with van der Waals surface area (Å²) >= 11 is 0. The van der Waals surface area contributed by atoms with Crippen LogP contribution in [0.2, 0.25) is 0 Å². The molecule has 1 amide bonds. The van der Waals surface area contributed by atoms with Crippen LogP contribution in [0.5, 0.6) is 5.75 Å². The van der Waals surface area contributed by atoms with E-state index in [1.807, 2.05) is 4.90 Å². The number of nitrogens with one attached hydrogen (secondary N) is 2. The molecule has 0 unspecified atom stereocenters. The van der Waals surface area contributed by atoms with Crippen molar-refractivity contribution in [1.29, 1.82) is 0 Å². The molecule has 44 heavy (non-hydrogen) atoms. The van der Waals surface area contributed by atoms with Crippen LogP contribution in [0.15, 0.2) is 24.4 Å². The van der Waals surface area contributed by atoms with Gasteiger partial charge in [0.15, 0.2) is 0 Å². The van der Waals surface area contributed by atoms with Crippen molar-refractivity contribution in [3.8, 4) is 5.75 Å². The highest BCUT2D eigenvalue weighted by molar-refractivity contribution is 5.95. The van der Waals surface area contributed by atoms with Crippen LogP contribution in [-0.4, -0.2) is 99.0 Å². The number of amides is 1. The van der Waals surface area contributed by atoms with E-state index in [4.69, 9.17) is 14.2 Å². The third kappa shape index (κ3) is 11.4. The summed E-state index contributed by atoms with van der Waals surface area (Å²) < 4.78 is 56.0. The van der Waals surface area contributed by atoms with E-state index in [9.17, 15) is 18.0 Å². The fraction of sp³-hybridized carbons (Fsp3) is 0.645. The topological polar surface area (TPSA) is 101 Å². The molecule has 2 aromatic rings. The van der Waals surface area contributed by atoms with Crippen molar-refractivity contribution < 1.29 is 32.2 Å². The third-order valence-corrected chi connectivity index (χ3v) is 7.42. The lowest BCUT2D eigenvalue weighted by Crippen LogP contribution is -2.48. The second-order valence-corrected chi connectivity index (χ2v) is 10.7. The Morgan fingerprint density at radius 1 is 0.955 bits per heavy atom. The molecule has 2 N–H and O–H groups in total. The molecular weight excluding hydrogens is 577 g/mol. The Balaban J connectivity index is 1.37. The molecule has 1 aromatic carbocycles. The van der Waals surface area contributed by atoms with Gasteiger partial charge in [0.1, 0.15) is 17.1 Å². The summed E-state index contributed by atoms with van der Waals surface area (Å²) in [6.07, 6.45) is 4.29. The molecule has 3 rings (SSSR count). The lowest BCUT2D eigenvalue weighted by Gasteiger charge is -2.34. The number of rotatable bonds is 19. The van der Waals surface area contributed by atoms with E-state index in [0.29, 0.717) is 43.3 Å². The van der Waals surface area contributed by atoms with Crippen molar-refractivity contribution in [2.24, 2.45) is 0 Å². The second-order valence-electron chi connectivity index (χ2n) is 10.7. The largest absolute Gasteiger partial charge is 0.495 e. The average molecular weight is 625 g/mol. The minimum absolute atomic E-state index is 0.0372. The predicted molar refractivity (Wildman–Crippen MR) is 165 cm³/mol. The zero-order valence-electron chi connectivity index (χ0n) is 26.2. The standard InChI is InChI=1S/C31H47F3N6O4/c1-4-18-43-20-21-44-19-10-8-6-5-7-9-13-39-14-16-40(17-15-39)29(41)24-11-12-26(27(22-24)42-3)37-30-36-23-25(31(32,33)34)28(35-2)38-30/h11-12,22-23H,4-10,13-21H2,1-3H3,(H2,35,36,37,38). The van der Waals surface area contributed by atoms with Gasteiger partial charge in [-0.15, -0.1) is 0 Å². The summed E-state index contributed by atoms with van der Waals surface area (Å²) in [4.78, 5) is 25.2. The molecule has 0 bridgehead atoms. The Morgan fingerprint density at radius 2 is 1.64 bits per heavy atom. The summed E-state index contributed by atoms with van der Waals surface area (Å²) in [6, 6.07) is 4.92. The van der Waals surface area contributed by atoms with Crippen LogP contribution in [0, 0.1) is 0 Å². The molecule has 0 radical (unpaired) electrons. The smallest absolute Gasteiger partial charge is 0.421 e. The number of hydrogen-bond acceptors (Lipinski definition) is 9. The van der Waals surface area contributed by atoms with Gasteiger partial charge in [-0.2, -0.15) is 18.2 Å². The van der Waals surface area contributed by atoms with Gasteiger partial charge in [-0.1, -0.05) is 32.6 Å². The number of alkyl halides is 3. The Labute approximate surface area is 258 Å². The maximum Gasteiger partial charge on any atom is 0.421 e. The van der Waals surface area contributed by atoms with Crippen molar-refractivity contribution in [2.75, 3.05) is 83.9 Å². The molecule has 1 aliphatic heterocycles. The van der Waals surface area contributed by atoms with Crippen molar-refractivity contribution in [3.63, 3.8) is 0 Å². The first-order chi connectivity index (χ1) is 21.3. The van der Waals surface area contributed by atoms with Gasteiger partial charge in [-0.05, 0) is 44.0 Å². The number of piperazine rings is 1. The molecule has 13 heteroatoms. The van der Waals surface area contributed by atoms with Crippen molar-refractivity contribution in [3.05, 3.63) is 35.5 Å². The number of anilines is 3. The second kappa shape index (κ2) is 18.6. The van der Waals surface area contributed by atoms with Crippen molar-refractivity contribution in [1.82, 2.24) is 19.8 Å². The van der Waals surface area contributed by atoms with Gasteiger partial charge in [0, 0.05) is 58.2 Å². The van der Waals surface area contributed by atoms with Crippen LogP contribution in [0.1, 0.15) is 67.8 Å². The van der Waals surface area contributed by atoms with E-state index in [0.717, 1.165) is 58.3 Å². The van der Waals surface area contributed by atoms with Crippen LogP contribution >= 0.6 is 0 Å². The molecule has 0 atom stereocenters. The number of ether oxygens (including phenoxy) is 3. The summed E-state index contributed by atoms with van der Waals surface area (Å²) in [5.41, 5.74) is -0.0622. The van der Waals surface area contributed by atoms with E-state index in [-0.39, 0.29) is 17.7 Å². The fourth-order valence-electron chi connectivity index (χ4n) is 4.96. The van der Waals surface area contributed by atoms with Gasteiger partial charge in [0.25, 0.3) is 5.91 Å². The first-order valence-corrected chi connectivity index (χ1v) is 15.5. The van der Waals surface area contributed by atoms with E-state index in [1.54, 1.807) is 18.2 Å². The van der Waals surface area contributed by atoms with Crippen molar-refractivity contribution >= 4 is 23.4 Å². The molecule has 1 aromatic heterocycles. The first-order valence-electron chi connectivity index (χ1n) is 15.5. The summed E-state index contributed by atoms with van der Waals surface area (Å²) in [7, 11) is 2.82. The Morgan fingerprint density at radius 3 is 2.30 bits per heavy atom. The third-order valence-electron chi connectivity index (χ3n) is 7.42. The number of hydrogen-bond donors (Lipinski definition) is 2. The average Bonchev–Trinajstić information content (AvgIpc) is 3.02. The zero-order chi connectivity index (χ0) is 31.8. The van der Waals surface area contributed by atoms with Crippen LogP contribution in [0.25, 0.3) is 0 Å². The Kier molecular flexibility index (Phi) is 14.9. The molecule has 10 nitrogen and oxygen atoms in total. The number of unbranched alkanes of at least 4 members (excludes halogenated alkanes) is 5. The maximum absolute atomic E-state index is 13.2. The lowest BCUT2D eigenvalue weighted by atomic mass is 10.1. The maximum atomic E-state index is 13.2. The number of aromatic nitrogens is 2.